The molecule has 0 unspecified atom stereocenters. The summed E-state index contributed by atoms with van der Waals surface area (Å²) in [5.41, 5.74) is 2.16. The summed E-state index contributed by atoms with van der Waals surface area (Å²) < 4.78 is 35.9. The van der Waals surface area contributed by atoms with Gasteiger partial charge in [0.1, 0.15) is 5.75 Å². The molecule has 152 valence electrons. The molecule has 0 aromatic heterocycles. The fourth-order valence-electron chi connectivity index (χ4n) is 2.76. The minimum atomic E-state index is -3.48. The average Bonchev–Trinajstić information content (AvgIpc) is 2.65. The van der Waals surface area contributed by atoms with E-state index in [2.05, 4.69) is 5.32 Å². The van der Waals surface area contributed by atoms with Crippen molar-refractivity contribution in [2.75, 3.05) is 36.6 Å². The first-order valence-corrected chi connectivity index (χ1v) is 10.7. The number of hydrogen-bond acceptors (Lipinski definition) is 5. The average molecular weight is 407 g/mol. The van der Waals surface area contributed by atoms with Crippen LogP contribution in [-0.2, 0) is 26.2 Å². The maximum Gasteiger partial charge on any atom is 0.232 e. The van der Waals surface area contributed by atoms with Crippen molar-refractivity contribution in [3.05, 3.63) is 54.1 Å². The molecule has 2 aromatic rings. The van der Waals surface area contributed by atoms with Crippen molar-refractivity contribution < 1.29 is 22.7 Å². The second-order valence-corrected chi connectivity index (χ2v) is 8.23. The normalized spacial score (nSPS) is 11.1. The van der Waals surface area contributed by atoms with Crippen LogP contribution in [-0.4, -0.2) is 41.3 Å². The van der Waals surface area contributed by atoms with Crippen LogP contribution >= 0.6 is 0 Å². The summed E-state index contributed by atoms with van der Waals surface area (Å²) in [6, 6.07) is 14.2. The van der Waals surface area contributed by atoms with Crippen molar-refractivity contribution in [3.8, 4) is 5.75 Å². The number of benzene rings is 2. The van der Waals surface area contributed by atoms with Gasteiger partial charge in [-0.15, -0.1) is 0 Å². The van der Waals surface area contributed by atoms with E-state index in [1.165, 1.54) is 11.4 Å². The Morgan fingerprint density at radius 2 is 1.86 bits per heavy atom. The van der Waals surface area contributed by atoms with Gasteiger partial charge >= 0.3 is 0 Å². The second kappa shape index (κ2) is 10.1. The molecule has 0 heterocycles. The van der Waals surface area contributed by atoms with Gasteiger partial charge in [0, 0.05) is 31.8 Å². The van der Waals surface area contributed by atoms with Crippen molar-refractivity contribution in [3.63, 3.8) is 0 Å². The highest BCUT2D eigenvalue weighted by atomic mass is 32.2. The molecule has 0 atom stereocenters. The number of carbonyl (C=O) groups excluding carboxylic acids is 1. The molecule has 7 nitrogen and oxygen atoms in total. The zero-order valence-corrected chi connectivity index (χ0v) is 17.2. The number of carbonyl (C=O) groups is 1. The number of nitrogens with one attached hydrogen (secondary N) is 1. The summed E-state index contributed by atoms with van der Waals surface area (Å²) in [6.07, 6.45) is 1.73. The molecule has 8 heteroatoms. The predicted molar refractivity (Wildman–Crippen MR) is 110 cm³/mol. The molecule has 2 rings (SSSR count). The van der Waals surface area contributed by atoms with E-state index in [0.29, 0.717) is 30.2 Å². The van der Waals surface area contributed by atoms with Crippen molar-refractivity contribution in [2.24, 2.45) is 0 Å². The lowest BCUT2D eigenvalue weighted by molar-refractivity contribution is -0.116. The second-order valence-electron chi connectivity index (χ2n) is 6.32. The Bertz CT molecular complexity index is 899. The molecule has 0 spiro atoms. The monoisotopic (exact) mass is 406 g/mol. The Labute approximate surface area is 166 Å². The molecule has 0 fully saturated rings. The van der Waals surface area contributed by atoms with Crippen LogP contribution < -0.4 is 14.4 Å². The van der Waals surface area contributed by atoms with Crippen LogP contribution in [0.15, 0.2) is 48.5 Å². The lowest BCUT2D eigenvalue weighted by atomic mass is 10.2. The third-order valence-corrected chi connectivity index (χ3v) is 5.22. The Morgan fingerprint density at radius 3 is 2.54 bits per heavy atom. The molecule has 0 aliphatic carbocycles. The van der Waals surface area contributed by atoms with Crippen LogP contribution in [0, 0.1) is 0 Å². The van der Waals surface area contributed by atoms with E-state index >= 15 is 0 Å². The van der Waals surface area contributed by atoms with Gasteiger partial charge in [0.25, 0.3) is 0 Å². The van der Waals surface area contributed by atoms with E-state index in [1.807, 2.05) is 18.2 Å². The van der Waals surface area contributed by atoms with Gasteiger partial charge in [-0.05, 0) is 36.2 Å². The summed E-state index contributed by atoms with van der Waals surface area (Å²) in [5, 5.41) is 2.83. The third kappa shape index (κ3) is 6.54. The molecular weight excluding hydrogens is 380 g/mol. The van der Waals surface area contributed by atoms with Crippen LogP contribution in [0.2, 0.25) is 0 Å². The minimum absolute atomic E-state index is 0.173. The van der Waals surface area contributed by atoms with Gasteiger partial charge in [-0.2, -0.15) is 0 Å². The fourth-order valence-corrected chi connectivity index (χ4v) is 3.72. The van der Waals surface area contributed by atoms with E-state index in [1.54, 1.807) is 37.4 Å². The van der Waals surface area contributed by atoms with E-state index in [9.17, 15) is 13.2 Å². The summed E-state index contributed by atoms with van der Waals surface area (Å²) in [5.74, 6) is 0.397. The summed E-state index contributed by atoms with van der Waals surface area (Å²) >= 11 is 0. The molecule has 0 bridgehead atoms. The quantitative estimate of drug-likeness (QED) is 0.656. The molecule has 1 amide bonds. The van der Waals surface area contributed by atoms with Gasteiger partial charge < -0.3 is 14.8 Å². The van der Waals surface area contributed by atoms with Gasteiger partial charge in [-0.25, -0.2) is 8.42 Å². The highest BCUT2D eigenvalue weighted by Crippen LogP contribution is 2.23. The van der Waals surface area contributed by atoms with E-state index in [-0.39, 0.29) is 18.9 Å². The molecule has 0 aliphatic rings. The lowest BCUT2D eigenvalue weighted by Crippen LogP contribution is -2.31. The van der Waals surface area contributed by atoms with Crippen LogP contribution in [0.25, 0.3) is 0 Å². The van der Waals surface area contributed by atoms with Crippen molar-refractivity contribution in [1.82, 2.24) is 0 Å². The maximum atomic E-state index is 12.2. The first-order valence-electron chi connectivity index (χ1n) is 8.83. The number of nitrogens with zero attached hydrogens (tertiary/aromatic N) is 1. The minimum Gasteiger partial charge on any atom is -0.497 e. The molecule has 0 aliphatic heterocycles. The van der Waals surface area contributed by atoms with Gasteiger partial charge in [0.15, 0.2) is 0 Å². The van der Waals surface area contributed by atoms with Gasteiger partial charge in [-0.1, -0.05) is 18.2 Å². The maximum absolute atomic E-state index is 12.2. The Morgan fingerprint density at radius 1 is 1.11 bits per heavy atom. The number of amides is 1. The number of methoxy groups -OCH3 is 2. The third-order valence-electron chi connectivity index (χ3n) is 4.03. The number of hydrogen-bond donors (Lipinski definition) is 1. The van der Waals surface area contributed by atoms with E-state index in [4.69, 9.17) is 9.47 Å². The summed E-state index contributed by atoms with van der Waals surface area (Å²) in [7, 11) is -0.344. The Hall–Kier alpha value is -2.58. The van der Waals surface area contributed by atoms with Crippen LogP contribution in [0.5, 0.6) is 5.75 Å². The number of sulfonamides is 1. The molecule has 1 N–H and O–H groups in total. The van der Waals surface area contributed by atoms with Crippen molar-refractivity contribution in [1.29, 1.82) is 0 Å². The van der Waals surface area contributed by atoms with Crippen molar-refractivity contribution >= 4 is 27.3 Å². The largest absolute Gasteiger partial charge is 0.497 e. The Kier molecular flexibility index (Phi) is 7.83. The van der Waals surface area contributed by atoms with E-state index < -0.39 is 10.0 Å². The molecule has 0 saturated heterocycles. The van der Waals surface area contributed by atoms with Gasteiger partial charge in [0.2, 0.25) is 15.9 Å². The number of anilines is 2. The van der Waals surface area contributed by atoms with E-state index in [0.717, 1.165) is 11.8 Å². The first-order chi connectivity index (χ1) is 13.3. The van der Waals surface area contributed by atoms with Crippen LogP contribution in [0.4, 0.5) is 11.4 Å². The molecule has 2 aromatic carbocycles. The highest BCUT2D eigenvalue weighted by Gasteiger charge is 2.18. The SMILES string of the molecule is COCc1cccc(NC(=O)CCCN(c2cccc(OC)c2)S(C)(=O)=O)c1. The smallest absolute Gasteiger partial charge is 0.232 e. The topological polar surface area (TPSA) is 84.9 Å². The zero-order chi connectivity index (χ0) is 20.6. The first kappa shape index (κ1) is 21.7. The molecule has 28 heavy (non-hydrogen) atoms. The fraction of sp³-hybridized carbons (Fsp3) is 0.350. The van der Waals surface area contributed by atoms with Crippen LogP contribution in [0.3, 0.4) is 0 Å². The standard InChI is InChI=1S/C20H26N2O5S/c1-26-15-16-7-4-8-17(13-16)21-20(23)11-6-12-22(28(3,24)25)18-9-5-10-19(14-18)27-2/h4-5,7-10,13-14H,6,11-12,15H2,1-3H3,(H,21,23). The summed E-state index contributed by atoms with van der Waals surface area (Å²) in [4.78, 5) is 12.2. The number of ether oxygens (including phenoxy) is 2. The van der Waals surface area contributed by atoms with Crippen LogP contribution in [0.1, 0.15) is 18.4 Å². The number of rotatable bonds is 10. The summed E-state index contributed by atoms with van der Waals surface area (Å²) in [6.45, 7) is 0.663. The van der Waals surface area contributed by atoms with Crippen molar-refractivity contribution in [2.45, 2.75) is 19.4 Å². The van der Waals surface area contributed by atoms with Gasteiger partial charge in [0.05, 0.1) is 25.7 Å². The zero-order valence-electron chi connectivity index (χ0n) is 16.3. The Balaban J connectivity index is 1.96. The highest BCUT2D eigenvalue weighted by molar-refractivity contribution is 7.92. The van der Waals surface area contributed by atoms with Gasteiger partial charge in [-0.3, -0.25) is 9.10 Å². The lowest BCUT2D eigenvalue weighted by Gasteiger charge is -2.22. The molecular formula is C20H26N2O5S. The predicted octanol–water partition coefficient (Wildman–Crippen LogP) is 3.03. The molecule has 0 radical (unpaired) electrons. The molecule has 0 saturated carbocycles.